The Morgan fingerprint density at radius 3 is 2.61 bits per heavy atom. The fourth-order valence-electron chi connectivity index (χ4n) is 1.12. The number of nitriles is 1. The molecule has 0 aliphatic heterocycles. The number of urea groups is 1. The van der Waals surface area contributed by atoms with Crippen LogP contribution in [0.25, 0.3) is 6.08 Å². The number of carbonyl (C=O) groups is 2. The summed E-state index contributed by atoms with van der Waals surface area (Å²) in [5, 5.41) is 10.3. The van der Waals surface area contributed by atoms with Crippen LogP contribution in [0.5, 0.6) is 0 Å². The lowest BCUT2D eigenvalue weighted by molar-refractivity contribution is -0.115. The molecule has 0 spiro atoms. The molecular weight excluding hydrogens is 244 g/mol. The van der Waals surface area contributed by atoms with E-state index in [1.54, 1.807) is 5.32 Å². The number of imide groups is 1. The molecule has 3 N–H and O–H groups in total. The molecule has 7 heteroatoms. The van der Waals surface area contributed by atoms with E-state index in [0.29, 0.717) is 0 Å². The van der Waals surface area contributed by atoms with Crippen molar-refractivity contribution in [2.24, 2.45) is 5.73 Å². The molecule has 0 atom stereocenters. The predicted molar refractivity (Wildman–Crippen MR) is 57.7 cm³/mol. The Bertz CT molecular complexity index is 576. The van der Waals surface area contributed by atoms with Gasteiger partial charge in [0.15, 0.2) is 11.6 Å². The van der Waals surface area contributed by atoms with Gasteiger partial charge >= 0.3 is 6.03 Å². The number of carbonyl (C=O) groups excluding carboxylic acids is 2. The molecular formula is C11H7F2N3O2. The second-order valence-electron chi connectivity index (χ2n) is 3.13. The number of benzene rings is 1. The molecule has 0 radical (unpaired) electrons. The van der Waals surface area contributed by atoms with Gasteiger partial charge in [-0.2, -0.15) is 5.26 Å². The molecule has 3 amide bonds. The van der Waals surface area contributed by atoms with Gasteiger partial charge in [0.1, 0.15) is 11.6 Å². The molecule has 18 heavy (non-hydrogen) atoms. The molecule has 0 fully saturated rings. The van der Waals surface area contributed by atoms with Gasteiger partial charge < -0.3 is 5.73 Å². The second kappa shape index (κ2) is 5.54. The average molecular weight is 251 g/mol. The van der Waals surface area contributed by atoms with Gasteiger partial charge in [-0.25, -0.2) is 13.6 Å². The van der Waals surface area contributed by atoms with E-state index in [2.05, 4.69) is 0 Å². The lowest BCUT2D eigenvalue weighted by Gasteiger charge is -2.00. The maximum absolute atomic E-state index is 13.3. The molecule has 1 rings (SSSR count). The Morgan fingerprint density at radius 1 is 1.39 bits per heavy atom. The summed E-state index contributed by atoms with van der Waals surface area (Å²) in [7, 11) is 0. The summed E-state index contributed by atoms with van der Waals surface area (Å²) in [6.07, 6.45) is 0.816. The number of nitrogens with zero attached hydrogens (tertiary/aromatic N) is 1. The van der Waals surface area contributed by atoms with Crippen molar-refractivity contribution in [3.63, 3.8) is 0 Å². The summed E-state index contributed by atoms with van der Waals surface area (Å²) in [5.41, 5.74) is 3.83. The highest BCUT2D eigenvalue weighted by Gasteiger charge is 2.13. The Kier molecular flexibility index (Phi) is 4.10. The van der Waals surface area contributed by atoms with Crippen molar-refractivity contribution in [1.29, 1.82) is 5.26 Å². The van der Waals surface area contributed by atoms with Gasteiger partial charge in [0, 0.05) is 5.56 Å². The zero-order valence-corrected chi connectivity index (χ0v) is 8.91. The first kappa shape index (κ1) is 13.3. The molecule has 0 bridgehead atoms. The van der Waals surface area contributed by atoms with Crippen LogP contribution in [0.15, 0.2) is 23.8 Å². The minimum absolute atomic E-state index is 0.286. The largest absolute Gasteiger partial charge is 0.351 e. The molecule has 5 nitrogen and oxygen atoms in total. The van der Waals surface area contributed by atoms with Crippen LogP contribution in [-0.2, 0) is 4.79 Å². The van der Waals surface area contributed by atoms with Gasteiger partial charge in [-0.3, -0.25) is 10.1 Å². The predicted octanol–water partition coefficient (Wildman–Crippen LogP) is 1.07. The fourth-order valence-corrected chi connectivity index (χ4v) is 1.12. The topological polar surface area (TPSA) is 96.0 Å². The van der Waals surface area contributed by atoms with Crippen LogP contribution < -0.4 is 11.1 Å². The van der Waals surface area contributed by atoms with Gasteiger partial charge in [-0.1, -0.05) is 12.1 Å². The third kappa shape index (κ3) is 3.12. The minimum Gasteiger partial charge on any atom is -0.351 e. The van der Waals surface area contributed by atoms with Crippen molar-refractivity contribution in [3.05, 3.63) is 41.0 Å². The Hall–Kier alpha value is -2.75. The van der Waals surface area contributed by atoms with Crippen LogP contribution in [0.2, 0.25) is 0 Å². The number of nitrogens with one attached hydrogen (secondary N) is 1. The molecule has 0 unspecified atom stereocenters. The summed E-state index contributed by atoms with van der Waals surface area (Å²) in [6.45, 7) is 0. The number of halogens is 2. The SMILES string of the molecule is N#C/C(=C\c1cccc(F)c1F)C(=O)NC(N)=O. The third-order valence-corrected chi connectivity index (χ3v) is 1.88. The lowest BCUT2D eigenvalue weighted by Crippen LogP contribution is -2.35. The molecule has 0 saturated carbocycles. The molecule has 1 aromatic rings. The number of amides is 3. The van der Waals surface area contributed by atoms with E-state index in [9.17, 15) is 18.4 Å². The normalized spacial score (nSPS) is 10.6. The summed E-state index contributed by atoms with van der Waals surface area (Å²) < 4.78 is 26.2. The number of nitrogens with two attached hydrogens (primary N) is 1. The van der Waals surface area contributed by atoms with Crippen LogP contribution >= 0.6 is 0 Å². The Balaban J connectivity index is 3.13. The molecule has 0 heterocycles. The van der Waals surface area contributed by atoms with Crippen LogP contribution in [0.3, 0.4) is 0 Å². The molecule has 0 saturated heterocycles. The van der Waals surface area contributed by atoms with Gasteiger partial charge in [-0.15, -0.1) is 0 Å². The summed E-state index contributed by atoms with van der Waals surface area (Å²) in [5.74, 6) is -3.40. The number of hydrogen-bond acceptors (Lipinski definition) is 3. The van der Waals surface area contributed by atoms with Crippen LogP contribution in [0, 0.1) is 23.0 Å². The highest BCUT2D eigenvalue weighted by atomic mass is 19.2. The minimum atomic E-state index is -1.20. The second-order valence-corrected chi connectivity index (χ2v) is 3.13. The van der Waals surface area contributed by atoms with E-state index in [1.165, 1.54) is 18.2 Å². The first-order valence-corrected chi connectivity index (χ1v) is 4.62. The van der Waals surface area contributed by atoms with Crippen molar-refractivity contribution in [1.82, 2.24) is 5.32 Å². The first-order chi connectivity index (χ1) is 8.45. The first-order valence-electron chi connectivity index (χ1n) is 4.62. The van der Waals surface area contributed by atoms with Crippen molar-refractivity contribution < 1.29 is 18.4 Å². The molecule has 0 aromatic heterocycles. The summed E-state index contributed by atoms with van der Waals surface area (Å²) in [6, 6.07) is 3.58. The van der Waals surface area contributed by atoms with Crippen molar-refractivity contribution >= 4 is 18.0 Å². The van der Waals surface area contributed by atoms with E-state index < -0.39 is 29.1 Å². The number of rotatable bonds is 2. The highest BCUT2D eigenvalue weighted by Crippen LogP contribution is 2.14. The molecule has 0 aliphatic carbocycles. The van der Waals surface area contributed by atoms with E-state index in [-0.39, 0.29) is 5.56 Å². The van der Waals surface area contributed by atoms with Crippen molar-refractivity contribution in [2.75, 3.05) is 0 Å². The number of primary amides is 1. The summed E-state index contributed by atoms with van der Waals surface area (Å²) in [4.78, 5) is 21.7. The van der Waals surface area contributed by atoms with E-state index in [4.69, 9.17) is 11.0 Å². The zero-order valence-electron chi connectivity index (χ0n) is 8.91. The van der Waals surface area contributed by atoms with Crippen molar-refractivity contribution in [2.45, 2.75) is 0 Å². The molecule has 1 aromatic carbocycles. The summed E-state index contributed by atoms with van der Waals surface area (Å²) >= 11 is 0. The van der Waals surface area contributed by atoms with Gasteiger partial charge in [-0.05, 0) is 12.1 Å². The lowest BCUT2D eigenvalue weighted by atomic mass is 10.1. The highest BCUT2D eigenvalue weighted by molar-refractivity contribution is 6.08. The molecule has 0 aliphatic rings. The van der Waals surface area contributed by atoms with Gasteiger partial charge in [0.2, 0.25) is 0 Å². The van der Waals surface area contributed by atoms with E-state index in [1.807, 2.05) is 0 Å². The van der Waals surface area contributed by atoms with Crippen molar-refractivity contribution in [3.8, 4) is 6.07 Å². The maximum Gasteiger partial charge on any atom is 0.319 e. The monoisotopic (exact) mass is 251 g/mol. The fraction of sp³-hybridized carbons (Fsp3) is 0. The maximum atomic E-state index is 13.3. The zero-order chi connectivity index (χ0) is 13.7. The third-order valence-electron chi connectivity index (χ3n) is 1.88. The van der Waals surface area contributed by atoms with E-state index >= 15 is 0 Å². The van der Waals surface area contributed by atoms with Crippen LogP contribution in [-0.4, -0.2) is 11.9 Å². The van der Waals surface area contributed by atoms with Gasteiger partial charge in [0.05, 0.1) is 0 Å². The Morgan fingerprint density at radius 2 is 2.06 bits per heavy atom. The smallest absolute Gasteiger partial charge is 0.319 e. The molecule has 92 valence electrons. The quantitative estimate of drug-likeness (QED) is 0.607. The number of hydrogen-bond donors (Lipinski definition) is 2. The average Bonchev–Trinajstić information content (AvgIpc) is 2.30. The Labute approximate surface area is 101 Å². The van der Waals surface area contributed by atoms with Crippen LogP contribution in [0.4, 0.5) is 13.6 Å². The van der Waals surface area contributed by atoms with E-state index in [0.717, 1.165) is 12.1 Å². The standard InChI is InChI=1S/C11H7F2N3O2/c12-8-3-1-2-6(9(8)13)4-7(5-14)10(17)16-11(15)18/h1-4H,(H3,15,16,17,18)/b7-4+. The van der Waals surface area contributed by atoms with Gasteiger partial charge in [0.25, 0.3) is 5.91 Å². The van der Waals surface area contributed by atoms with Crippen LogP contribution in [0.1, 0.15) is 5.56 Å².